The minimum atomic E-state index is -1.04. The van der Waals surface area contributed by atoms with Crippen molar-refractivity contribution < 1.29 is 4.74 Å². The number of rotatable bonds is 7. The standard InChI is InChI=1S/C89H54N6O/c1-4-20-61(21-5-1)92-79-33-17-12-28-67(79)70-46-55(36-41-82(70)92)58-39-44-85-73(49-58)89(74-50-59(40-45-86(74)96-85)56-37-42-83-71(47-56)68-29-13-18-34-80(68)93(83)62-22-6-2-7-23-62)75-51-60(57-38-43-84-72(48-57)69-30-14-19-35-81(69)94(84)63-24-8-3-9-25-63)53-90-87(75)88-76(89)52-64(54-91-88)95-77-31-15-10-26-65(77)66-27-11-16-32-78(66)95/h1-54H. The van der Waals surface area contributed by atoms with E-state index in [4.69, 9.17) is 14.7 Å². The first-order valence-electron chi connectivity index (χ1n) is 32.8. The number of aromatic nitrogens is 6. The SMILES string of the molecule is c1ccc(-n2c3ccccc3c3cc(-c4ccc5c(c4)C4(c6cc(-c7ccc8c(c7)c7ccccc7n8-c7ccccc7)ccc6O5)c5cc(-c6ccc7c(c6)c6ccccc6n7-c6ccccc6)cnc5-c5ncc(-n6c7ccccc7c7ccccc76)cc54)ccc32)cc1. The number of para-hydroxylation sites is 8. The molecule has 0 amide bonds. The predicted octanol–water partition coefficient (Wildman–Crippen LogP) is 22.3. The highest BCUT2D eigenvalue weighted by molar-refractivity contribution is 6.14. The fraction of sp³-hybridized carbons (Fsp3) is 0.0112. The molecule has 0 bridgehead atoms. The largest absolute Gasteiger partial charge is 0.457 e. The molecule has 0 N–H and O–H groups in total. The van der Waals surface area contributed by atoms with Gasteiger partial charge in [-0.1, -0.05) is 176 Å². The smallest absolute Gasteiger partial charge is 0.132 e. The molecule has 2 aliphatic rings. The first-order valence-corrected chi connectivity index (χ1v) is 32.8. The van der Waals surface area contributed by atoms with Crippen molar-refractivity contribution in [3.63, 3.8) is 0 Å². The summed E-state index contributed by atoms with van der Waals surface area (Å²) in [7, 11) is 0. The van der Waals surface area contributed by atoms with Gasteiger partial charge in [-0.15, -0.1) is 0 Å². The molecule has 0 atom stereocenters. The van der Waals surface area contributed by atoms with Crippen LogP contribution in [0.5, 0.6) is 11.5 Å². The van der Waals surface area contributed by atoms with Gasteiger partial charge in [-0.2, -0.15) is 0 Å². The van der Waals surface area contributed by atoms with E-state index in [1.165, 1.54) is 43.1 Å². The number of hydrogen-bond donors (Lipinski definition) is 0. The zero-order chi connectivity index (χ0) is 62.7. The minimum absolute atomic E-state index is 0.775. The number of nitrogens with zero attached hydrogens (tertiary/aromatic N) is 6. The average Bonchev–Trinajstić information content (AvgIpc) is 1.45. The minimum Gasteiger partial charge on any atom is -0.457 e. The summed E-state index contributed by atoms with van der Waals surface area (Å²) >= 11 is 0. The molecule has 13 aromatic carbocycles. The van der Waals surface area contributed by atoms with Crippen molar-refractivity contribution in [1.29, 1.82) is 0 Å². The highest BCUT2D eigenvalue weighted by atomic mass is 16.5. The second-order valence-corrected chi connectivity index (χ2v) is 25.6. The fourth-order valence-electron chi connectivity index (χ4n) is 16.5. The van der Waals surface area contributed by atoms with Crippen LogP contribution < -0.4 is 4.74 Å². The fourth-order valence-corrected chi connectivity index (χ4v) is 16.5. The van der Waals surface area contributed by atoms with Crippen LogP contribution in [0.4, 0.5) is 0 Å². The van der Waals surface area contributed by atoms with Crippen molar-refractivity contribution in [3.05, 3.63) is 350 Å². The summed E-state index contributed by atoms with van der Waals surface area (Å²) in [6.07, 6.45) is 4.13. The van der Waals surface area contributed by atoms with E-state index in [-0.39, 0.29) is 0 Å². The Morgan fingerprint density at radius 3 is 0.917 bits per heavy atom. The Kier molecular flexibility index (Phi) is 11.0. The molecule has 7 heterocycles. The molecule has 0 unspecified atom stereocenters. The van der Waals surface area contributed by atoms with Crippen LogP contribution in [-0.2, 0) is 5.41 Å². The third-order valence-corrected chi connectivity index (χ3v) is 20.7. The molecule has 1 aliphatic heterocycles. The van der Waals surface area contributed by atoms with E-state index in [9.17, 15) is 0 Å². The van der Waals surface area contributed by atoms with E-state index < -0.39 is 5.41 Å². The predicted molar refractivity (Wildman–Crippen MR) is 393 cm³/mol. The van der Waals surface area contributed by atoms with Crippen LogP contribution in [0.1, 0.15) is 22.3 Å². The molecule has 0 fully saturated rings. The maximum atomic E-state index is 7.44. The quantitative estimate of drug-likeness (QED) is 0.160. The van der Waals surface area contributed by atoms with Crippen LogP contribution in [0, 0.1) is 0 Å². The summed E-state index contributed by atoms with van der Waals surface area (Å²) in [6, 6.07) is 115. The van der Waals surface area contributed by atoms with Crippen LogP contribution >= 0.6 is 0 Å². The van der Waals surface area contributed by atoms with Crippen molar-refractivity contribution in [2.45, 2.75) is 5.41 Å². The summed E-state index contributed by atoms with van der Waals surface area (Å²) in [5, 5.41) is 9.50. The number of ether oxygens (including phenoxy) is 1. The lowest BCUT2D eigenvalue weighted by molar-refractivity contribution is 0.436. The number of pyridine rings is 2. The Labute approximate surface area is 551 Å². The van der Waals surface area contributed by atoms with E-state index in [0.29, 0.717) is 0 Å². The van der Waals surface area contributed by atoms with Gasteiger partial charge >= 0.3 is 0 Å². The van der Waals surface area contributed by atoms with Gasteiger partial charge in [-0.3, -0.25) is 9.97 Å². The van der Waals surface area contributed by atoms with Crippen LogP contribution in [0.15, 0.2) is 328 Å². The monoisotopic (exact) mass is 1220 g/mol. The normalized spacial score (nSPS) is 13.0. The Hall–Kier alpha value is -12.8. The van der Waals surface area contributed by atoms with Crippen molar-refractivity contribution in [3.8, 4) is 79.0 Å². The second-order valence-electron chi connectivity index (χ2n) is 25.6. The van der Waals surface area contributed by atoms with Gasteiger partial charge in [0.15, 0.2) is 0 Å². The number of hydrogen-bond acceptors (Lipinski definition) is 3. The molecule has 1 aliphatic carbocycles. The van der Waals surface area contributed by atoms with E-state index >= 15 is 0 Å². The van der Waals surface area contributed by atoms with Gasteiger partial charge in [0.25, 0.3) is 0 Å². The molecule has 7 nitrogen and oxygen atoms in total. The molecule has 21 rings (SSSR count). The molecule has 0 saturated heterocycles. The molecule has 6 aromatic heterocycles. The number of fused-ring (bicyclic) bond motifs is 21. The summed E-state index contributed by atoms with van der Waals surface area (Å²) in [6.45, 7) is 0. The van der Waals surface area contributed by atoms with E-state index in [1.54, 1.807) is 0 Å². The zero-order valence-electron chi connectivity index (χ0n) is 51.8. The molecule has 0 saturated carbocycles. The van der Waals surface area contributed by atoms with Gasteiger partial charge in [0, 0.05) is 94.2 Å². The second kappa shape index (κ2) is 20.1. The third kappa shape index (κ3) is 7.42. The lowest BCUT2D eigenvalue weighted by Gasteiger charge is -2.39. The molecule has 1 spiro atoms. The molecule has 19 aromatic rings. The maximum Gasteiger partial charge on any atom is 0.132 e. The van der Waals surface area contributed by atoms with Crippen LogP contribution in [-0.4, -0.2) is 28.2 Å². The zero-order valence-corrected chi connectivity index (χ0v) is 51.8. The molecule has 0 radical (unpaired) electrons. The van der Waals surface area contributed by atoms with Gasteiger partial charge < -0.3 is 23.0 Å². The van der Waals surface area contributed by atoms with E-state index in [1.807, 2.05) is 0 Å². The van der Waals surface area contributed by atoms with Crippen LogP contribution in [0.25, 0.3) is 155 Å². The topological polar surface area (TPSA) is 54.7 Å². The average molecular weight is 1220 g/mol. The van der Waals surface area contributed by atoms with Gasteiger partial charge in [-0.25, -0.2) is 0 Å². The van der Waals surface area contributed by atoms with Crippen LogP contribution in [0.3, 0.4) is 0 Å². The molecule has 96 heavy (non-hydrogen) atoms. The van der Waals surface area contributed by atoms with Gasteiger partial charge in [-0.05, 0) is 167 Å². The Morgan fingerprint density at radius 2 is 0.510 bits per heavy atom. The summed E-state index contributed by atoms with van der Waals surface area (Å²) in [4.78, 5) is 11.4. The van der Waals surface area contributed by atoms with E-state index in [0.717, 1.165) is 145 Å². The summed E-state index contributed by atoms with van der Waals surface area (Å²) in [5.74, 6) is 1.55. The first kappa shape index (κ1) is 52.7. The van der Waals surface area contributed by atoms with Crippen molar-refractivity contribution in [1.82, 2.24) is 28.2 Å². The van der Waals surface area contributed by atoms with Gasteiger partial charge in [0.1, 0.15) is 11.5 Å². The van der Waals surface area contributed by atoms with Crippen LogP contribution in [0.2, 0.25) is 0 Å². The third-order valence-electron chi connectivity index (χ3n) is 20.7. The highest BCUT2D eigenvalue weighted by Crippen LogP contribution is 2.63. The van der Waals surface area contributed by atoms with E-state index in [2.05, 4.69) is 346 Å². The molecular weight excluding hydrogens is 1170 g/mol. The Balaban J connectivity index is 0.845. The summed E-state index contributed by atoms with van der Waals surface area (Å²) < 4.78 is 17.0. The highest BCUT2D eigenvalue weighted by Gasteiger charge is 2.53. The van der Waals surface area contributed by atoms with Crippen molar-refractivity contribution >= 4 is 87.2 Å². The maximum absolute atomic E-state index is 7.44. The Bertz CT molecular complexity index is 6230. The summed E-state index contributed by atoms with van der Waals surface area (Å²) in [5.41, 5.74) is 24.6. The van der Waals surface area contributed by atoms with Crippen molar-refractivity contribution in [2.75, 3.05) is 0 Å². The first-order chi connectivity index (χ1) is 47.6. The molecule has 446 valence electrons. The van der Waals surface area contributed by atoms with Gasteiger partial charge in [0.2, 0.25) is 0 Å². The lowest BCUT2D eigenvalue weighted by Crippen LogP contribution is -2.32. The van der Waals surface area contributed by atoms with Crippen molar-refractivity contribution in [2.24, 2.45) is 0 Å². The molecular formula is C89H54N6O. The molecule has 7 heteroatoms. The lowest BCUT2D eigenvalue weighted by atomic mass is 9.65. The Morgan fingerprint density at radius 1 is 0.219 bits per heavy atom. The number of benzene rings is 13. The van der Waals surface area contributed by atoms with Gasteiger partial charge in [0.05, 0.1) is 72.8 Å².